The van der Waals surface area contributed by atoms with E-state index in [9.17, 15) is 4.79 Å². The van der Waals surface area contributed by atoms with Gasteiger partial charge in [-0.1, -0.05) is 23.8 Å². The fourth-order valence-electron chi connectivity index (χ4n) is 2.79. The van der Waals surface area contributed by atoms with Crippen LogP contribution in [0, 0.1) is 11.8 Å². The number of carbonyl (C=O) groups excluding carboxylic acids is 1. The molecule has 1 fully saturated rings. The van der Waals surface area contributed by atoms with Gasteiger partial charge in [-0.15, -0.1) is 0 Å². The maximum atomic E-state index is 10.3. The van der Waals surface area contributed by atoms with E-state index in [0.29, 0.717) is 18.3 Å². The molecule has 0 saturated heterocycles. The van der Waals surface area contributed by atoms with E-state index in [1.165, 1.54) is 11.1 Å². The van der Waals surface area contributed by atoms with Crippen LogP contribution in [0.25, 0.3) is 0 Å². The van der Waals surface area contributed by atoms with Crippen molar-refractivity contribution in [2.45, 2.75) is 25.3 Å². The van der Waals surface area contributed by atoms with Crippen molar-refractivity contribution in [3.63, 3.8) is 0 Å². The first-order chi connectivity index (χ1) is 6.68. The molecule has 14 heavy (non-hydrogen) atoms. The summed E-state index contributed by atoms with van der Waals surface area (Å²) in [5, 5.41) is 0. The van der Waals surface area contributed by atoms with Crippen LogP contribution in [0.2, 0.25) is 0 Å². The summed E-state index contributed by atoms with van der Waals surface area (Å²) in [4.78, 5) is 10.3. The largest absolute Gasteiger partial charge is 0.303 e. The van der Waals surface area contributed by atoms with Crippen LogP contribution in [-0.4, -0.2) is 11.8 Å². The lowest BCUT2D eigenvalue weighted by Gasteiger charge is -2.26. The van der Waals surface area contributed by atoms with Crippen LogP contribution >= 0.6 is 0 Å². The van der Waals surface area contributed by atoms with E-state index in [0.717, 1.165) is 12.7 Å². The van der Waals surface area contributed by atoms with E-state index in [1.54, 1.807) is 0 Å². The van der Waals surface area contributed by atoms with Crippen molar-refractivity contribution in [1.82, 2.24) is 5.43 Å². The van der Waals surface area contributed by atoms with Crippen molar-refractivity contribution in [1.29, 1.82) is 0 Å². The lowest BCUT2D eigenvalue weighted by Crippen LogP contribution is -2.45. The van der Waals surface area contributed by atoms with Gasteiger partial charge >= 0.3 is 0 Å². The van der Waals surface area contributed by atoms with Crippen LogP contribution in [-0.2, 0) is 4.79 Å². The van der Waals surface area contributed by atoms with Crippen molar-refractivity contribution >= 4 is 6.29 Å². The minimum Gasteiger partial charge on any atom is -0.303 e. The van der Waals surface area contributed by atoms with E-state index in [-0.39, 0.29) is 5.54 Å². The summed E-state index contributed by atoms with van der Waals surface area (Å²) in [6.07, 6.45) is 4.60. The maximum Gasteiger partial charge on any atom is 0.120 e. The highest BCUT2D eigenvalue weighted by Gasteiger charge is 2.70. The third-order valence-electron chi connectivity index (χ3n) is 3.48. The fourth-order valence-corrected chi connectivity index (χ4v) is 2.79. The number of nitrogens with two attached hydrogens (primary N) is 1. The van der Waals surface area contributed by atoms with Crippen molar-refractivity contribution < 1.29 is 4.79 Å². The molecule has 3 unspecified atom stereocenters. The molecule has 2 aliphatic rings. The Kier molecular flexibility index (Phi) is 2.09. The van der Waals surface area contributed by atoms with Crippen LogP contribution < -0.4 is 11.3 Å². The van der Waals surface area contributed by atoms with Gasteiger partial charge in [-0.25, -0.2) is 5.43 Å². The van der Waals surface area contributed by atoms with E-state index < -0.39 is 0 Å². The van der Waals surface area contributed by atoms with Gasteiger partial charge in [-0.05, 0) is 13.3 Å². The van der Waals surface area contributed by atoms with Crippen LogP contribution in [0.3, 0.4) is 0 Å². The topological polar surface area (TPSA) is 55.1 Å². The fraction of sp³-hybridized carbons (Fsp3) is 0.545. The highest BCUT2D eigenvalue weighted by Crippen LogP contribution is 2.66. The Hall–Kier alpha value is -0.930. The predicted molar refractivity (Wildman–Crippen MR) is 55.2 cm³/mol. The number of carbonyl (C=O) groups is 1. The van der Waals surface area contributed by atoms with Gasteiger partial charge in [0.25, 0.3) is 0 Å². The Balaban J connectivity index is 2.05. The number of hydrogen-bond donors (Lipinski definition) is 2. The average Bonchev–Trinajstić information content (AvgIpc) is 2.67. The molecule has 3 N–H and O–H groups in total. The molecule has 3 nitrogen and oxygen atoms in total. The Morgan fingerprint density at radius 3 is 3.00 bits per heavy atom. The van der Waals surface area contributed by atoms with Crippen LogP contribution in [0.15, 0.2) is 23.8 Å². The smallest absolute Gasteiger partial charge is 0.120 e. The van der Waals surface area contributed by atoms with Gasteiger partial charge in [0.1, 0.15) is 6.29 Å². The summed E-state index contributed by atoms with van der Waals surface area (Å²) in [5.74, 6) is 6.55. The zero-order valence-corrected chi connectivity index (χ0v) is 8.42. The summed E-state index contributed by atoms with van der Waals surface area (Å²) in [5.41, 5.74) is 5.32. The number of hydrazine groups is 1. The third-order valence-corrected chi connectivity index (χ3v) is 3.48. The normalized spacial score (nSPS) is 38.0. The molecule has 0 spiro atoms. The second-order valence-corrected chi connectivity index (χ2v) is 4.26. The van der Waals surface area contributed by atoms with Gasteiger partial charge in [0.15, 0.2) is 0 Å². The molecule has 0 amide bonds. The summed E-state index contributed by atoms with van der Waals surface area (Å²) in [6, 6.07) is 0. The number of aldehydes is 1. The maximum absolute atomic E-state index is 10.3. The number of hydrogen-bond acceptors (Lipinski definition) is 3. The second kappa shape index (κ2) is 3.04. The molecule has 0 aliphatic heterocycles. The first-order valence-corrected chi connectivity index (χ1v) is 4.96. The molecule has 0 radical (unpaired) electrons. The molecular formula is C11H16N2O. The minimum atomic E-state index is -0.0329. The van der Waals surface area contributed by atoms with E-state index >= 15 is 0 Å². The van der Waals surface area contributed by atoms with Gasteiger partial charge in [-0.3, -0.25) is 5.84 Å². The molecule has 0 aromatic heterocycles. The zero-order chi connectivity index (χ0) is 10.3. The summed E-state index contributed by atoms with van der Waals surface area (Å²) in [7, 11) is 0. The first kappa shape index (κ1) is 9.62. The van der Waals surface area contributed by atoms with Crippen molar-refractivity contribution in [3.05, 3.63) is 23.8 Å². The molecule has 0 aromatic rings. The second-order valence-electron chi connectivity index (χ2n) is 4.26. The van der Waals surface area contributed by atoms with Crippen LogP contribution in [0.5, 0.6) is 0 Å². The Bertz CT molecular complexity index is 321. The molecular weight excluding hydrogens is 176 g/mol. The molecule has 0 bridgehead atoms. The molecule has 3 atom stereocenters. The van der Waals surface area contributed by atoms with Gasteiger partial charge in [0.05, 0.1) is 5.54 Å². The molecule has 0 heterocycles. The van der Waals surface area contributed by atoms with Crippen molar-refractivity contribution in [3.8, 4) is 0 Å². The zero-order valence-electron chi connectivity index (χ0n) is 8.42. The quantitative estimate of drug-likeness (QED) is 0.295. The first-order valence-electron chi connectivity index (χ1n) is 4.96. The Labute approximate surface area is 84.0 Å². The lowest BCUT2D eigenvalue weighted by molar-refractivity contribution is -0.107. The number of nitrogens with one attached hydrogen (secondary N) is 1. The van der Waals surface area contributed by atoms with Gasteiger partial charge < -0.3 is 4.79 Å². The standard InChI is InChI=1S/C11H16N2O/c1-7(2)10-9-6-8(4-3-5-14)11(9,10)13-12/h5-6,9-10,13H,1,3-4,12H2,2H3. The van der Waals surface area contributed by atoms with Crippen molar-refractivity contribution in [2.24, 2.45) is 17.7 Å². The summed E-state index contributed by atoms with van der Waals surface area (Å²) < 4.78 is 0. The van der Waals surface area contributed by atoms with Crippen LogP contribution in [0.4, 0.5) is 0 Å². The van der Waals surface area contributed by atoms with Gasteiger partial charge in [-0.2, -0.15) is 0 Å². The SMILES string of the molecule is C=C(C)C1C2C=C(CCC=O)C21NN. The molecule has 2 aliphatic carbocycles. The molecule has 76 valence electrons. The molecule has 3 heteroatoms. The predicted octanol–water partition coefficient (Wildman–Crippen LogP) is 0.930. The summed E-state index contributed by atoms with van der Waals surface area (Å²) >= 11 is 0. The monoisotopic (exact) mass is 192 g/mol. The molecule has 1 saturated carbocycles. The van der Waals surface area contributed by atoms with Crippen LogP contribution in [0.1, 0.15) is 19.8 Å². The third kappa shape index (κ3) is 0.967. The highest BCUT2D eigenvalue weighted by molar-refractivity contribution is 5.57. The summed E-state index contributed by atoms with van der Waals surface area (Å²) in [6.45, 7) is 6.00. The highest BCUT2D eigenvalue weighted by atomic mass is 16.1. The van der Waals surface area contributed by atoms with E-state index in [4.69, 9.17) is 5.84 Å². The molecule has 0 aromatic carbocycles. The average molecular weight is 192 g/mol. The Morgan fingerprint density at radius 1 is 1.86 bits per heavy atom. The molecule has 2 rings (SSSR count). The lowest BCUT2D eigenvalue weighted by atomic mass is 9.88. The number of rotatable bonds is 5. The van der Waals surface area contributed by atoms with E-state index in [2.05, 4.69) is 18.1 Å². The van der Waals surface area contributed by atoms with Gasteiger partial charge in [0, 0.05) is 18.3 Å². The minimum absolute atomic E-state index is 0.0329. The van der Waals surface area contributed by atoms with E-state index in [1.807, 2.05) is 6.92 Å². The number of fused-ring (bicyclic) bond motifs is 1. The Morgan fingerprint density at radius 2 is 2.57 bits per heavy atom. The van der Waals surface area contributed by atoms with Crippen molar-refractivity contribution in [2.75, 3.05) is 0 Å². The van der Waals surface area contributed by atoms with Gasteiger partial charge in [0.2, 0.25) is 0 Å².